The monoisotopic (exact) mass is 496 g/mol. The third-order valence-corrected chi connectivity index (χ3v) is 6.05. The van der Waals surface area contributed by atoms with Crippen LogP contribution >= 0.6 is 0 Å². The Kier molecular flexibility index (Phi) is 6.81. The van der Waals surface area contributed by atoms with E-state index in [1.165, 1.54) is 0 Å². The SMILES string of the molecule is CCOc1cccc(NCc2cc3c(-c4ccc(OC)c(OC)c4)nn(-c4ccccc4)c3[nH]c2=O)c1. The van der Waals surface area contributed by atoms with Crippen molar-refractivity contribution >= 4 is 16.7 Å². The molecule has 0 aliphatic heterocycles. The van der Waals surface area contributed by atoms with Crippen LogP contribution in [0.15, 0.2) is 83.7 Å². The van der Waals surface area contributed by atoms with E-state index in [1.807, 2.05) is 85.8 Å². The number of anilines is 1. The van der Waals surface area contributed by atoms with E-state index >= 15 is 0 Å². The van der Waals surface area contributed by atoms with Gasteiger partial charge < -0.3 is 24.5 Å². The van der Waals surface area contributed by atoms with Crippen LogP contribution in [0, 0.1) is 0 Å². The Hall–Kier alpha value is -4.72. The van der Waals surface area contributed by atoms with Crippen LogP contribution in [0.2, 0.25) is 0 Å². The summed E-state index contributed by atoms with van der Waals surface area (Å²) in [6, 6.07) is 25.0. The summed E-state index contributed by atoms with van der Waals surface area (Å²) in [6.07, 6.45) is 0. The minimum absolute atomic E-state index is 0.183. The molecule has 0 aliphatic carbocycles. The highest BCUT2D eigenvalue weighted by Crippen LogP contribution is 2.35. The van der Waals surface area contributed by atoms with Crippen LogP contribution in [0.3, 0.4) is 0 Å². The quantitative estimate of drug-likeness (QED) is 0.284. The van der Waals surface area contributed by atoms with Gasteiger partial charge in [0.1, 0.15) is 17.1 Å². The van der Waals surface area contributed by atoms with Crippen LogP contribution in [-0.4, -0.2) is 35.6 Å². The standard InChI is InChI=1S/C29H28N4O4/c1-4-37-23-12-8-9-21(17-23)30-18-20-15-24-27(19-13-14-25(35-2)26(16-19)36-3)32-33(28(24)31-29(20)34)22-10-6-5-7-11-22/h5-17,30H,4,18H2,1-3H3,(H,31,34). The lowest BCUT2D eigenvalue weighted by molar-refractivity contribution is 0.340. The summed E-state index contributed by atoms with van der Waals surface area (Å²) in [6.45, 7) is 2.87. The Balaban J connectivity index is 1.60. The molecule has 2 aromatic heterocycles. The fourth-order valence-electron chi connectivity index (χ4n) is 4.26. The van der Waals surface area contributed by atoms with Crippen molar-refractivity contribution in [3.63, 3.8) is 0 Å². The minimum Gasteiger partial charge on any atom is -0.494 e. The van der Waals surface area contributed by atoms with Gasteiger partial charge in [0.05, 0.1) is 26.5 Å². The highest BCUT2D eigenvalue weighted by molar-refractivity contribution is 5.93. The summed E-state index contributed by atoms with van der Waals surface area (Å²) in [5, 5.41) is 9.05. The van der Waals surface area contributed by atoms with Crippen LogP contribution in [-0.2, 0) is 6.54 Å². The fourth-order valence-corrected chi connectivity index (χ4v) is 4.26. The molecule has 0 saturated carbocycles. The number of hydrogen-bond donors (Lipinski definition) is 2. The Morgan fingerprint density at radius 1 is 0.919 bits per heavy atom. The number of para-hydroxylation sites is 1. The maximum atomic E-state index is 13.1. The number of aromatic nitrogens is 3. The number of fused-ring (bicyclic) bond motifs is 1. The molecule has 0 spiro atoms. The number of rotatable bonds is 9. The van der Waals surface area contributed by atoms with E-state index in [4.69, 9.17) is 19.3 Å². The van der Waals surface area contributed by atoms with Crippen LogP contribution in [0.25, 0.3) is 28.0 Å². The Labute approximate surface area is 214 Å². The van der Waals surface area contributed by atoms with E-state index in [0.29, 0.717) is 35.9 Å². The number of methoxy groups -OCH3 is 2. The summed E-state index contributed by atoms with van der Waals surface area (Å²) in [5.74, 6) is 2.00. The first-order chi connectivity index (χ1) is 18.1. The van der Waals surface area contributed by atoms with Crippen LogP contribution < -0.4 is 25.1 Å². The number of H-pyrrole nitrogens is 1. The first-order valence-electron chi connectivity index (χ1n) is 12.0. The van der Waals surface area contributed by atoms with Gasteiger partial charge in [0.25, 0.3) is 5.56 Å². The second-order valence-corrected chi connectivity index (χ2v) is 8.37. The molecule has 0 bridgehead atoms. The van der Waals surface area contributed by atoms with Crippen molar-refractivity contribution in [2.45, 2.75) is 13.5 Å². The van der Waals surface area contributed by atoms with E-state index in [9.17, 15) is 4.79 Å². The number of aromatic amines is 1. The summed E-state index contributed by atoms with van der Waals surface area (Å²) in [5.41, 5.74) is 4.28. The topological polar surface area (TPSA) is 90.4 Å². The molecule has 8 nitrogen and oxygen atoms in total. The maximum Gasteiger partial charge on any atom is 0.254 e. The summed E-state index contributed by atoms with van der Waals surface area (Å²) in [7, 11) is 3.20. The average molecular weight is 497 g/mol. The van der Waals surface area contributed by atoms with Crippen molar-refractivity contribution < 1.29 is 14.2 Å². The van der Waals surface area contributed by atoms with Gasteiger partial charge in [-0.05, 0) is 55.5 Å². The fraction of sp³-hybridized carbons (Fsp3) is 0.172. The number of benzene rings is 3. The number of nitrogens with one attached hydrogen (secondary N) is 2. The molecular formula is C29H28N4O4. The van der Waals surface area contributed by atoms with Gasteiger partial charge in [-0.3, -0.25) is 4.79 Å². The molecule has 37 heavy (non-hydrogen) atoms. The minimum atomic E-state index is -0.183. The van der Waals surface area contributed by atoms with Crippen molar-refractivity contribution in [3.05, 3.63) is 94.8 Å². The highest BCUT2D eigenvalue weighted by atomic mass is 16.5. The number of hydrogen-bond acceptors (Lipinski definition) is 6. The first kappa shape index (κ1) is 24.0. The molecule has 0 amide bonds. The molecule has 2 N–H and O–H groups in total. The third kappa shape index (κ3) is 4.86. The van der Waals surface area contributed by atoms with E-state index in [1.54, 1.807) is 18.9 Å². The Morgan fingerprint density at radius 2 is 1.73 bits per heavy atom. The molecule has 0 aliphatic rings. The highest BCUT2D eigenvalue weighted by Gasteiger charge is 2.18. The van der Waals surface area contributed by atoms with E-state index in [-0.39, 0.29) is 5.56 Å². The second-order valence-electron chi connectivity index (χ2n) is 8.37. The van der Waals surface area contributed by atoms with E-state index in [0.717, 1.165) is 33.8 Å². The molecule has 5 rings (SSSR count). The smallest absolute Gasteiger partial charge is 0.254 e. The van der Waals surface area contributed by atoms with Crippen molar-refractivity contribution in [1.82, 2.24) is 14.8 Å². The van der Waals surface area contributed by atoms with Crippen LogP contribution in [0.1, 0.15) is 12.5 Å². The van der Waals surface area contributed by atoms with Gasteiger partial charge in [-0.2, -0.15) is 5.10 Å². The lowest BCUT2D eigenvalue weighted by Crippen LogP contribution is -2.16. The number of nitrogens with zero attached hydrogens (tertiary/aromatic N) is 2. The van der Waals surface area contributed by atoms with Crippen molar-refractivity contribution in [2.75, 3.05) is 26.1 Å². The zero-order chi connectivity index (χ0) is 25.8. The average Bonchev–Trinajstić information content (AvgIpc) is 3.30. The van der Waals surface area contributed by atoms with Crippen molar-refractivity contribution in [1.29, 1.82) is 0 Å². The molecule has 0 saturated heterocycles. The lowest BCUT2D eigenvalue weighted by Gasteiger charge is -2.10. The predicted octanol–water partition coefficient (Wildman–Crippen LogP) is 5.41. The zero-order valence-corrected chi connectivity index (χ0v) is 20.9. The van der Waals surface area contributed by atoms with Crippen molar-refractivity contribution in [3.8, 4) is 34.2 Å². The first-order valence-corrected chi connectivity index (χ1v) is 12.0. The van der Waals surface area contributed by atoms with Gasteiger partial charge in [0.2, 0.25) is 0 Å². The van der Waals surface area contributed by atoms with Crippen LogP contribution in [0.4, 0.5) is 5.69 Å². The molecule has 0 fully saturated rings. The molecule has 188 valence electrons. The summed E-state index contributed by atoms with van der Waals surface area (Å²) < 4.78 is 18.3. The van der Waals surface area contributed by atoms with E-state index < -0.39 is 0 Å². The van der Waals surface area contributed by atoms with Crippen molar-refractivity contribution in [2.24, 2.45) is 0 Å². The Morgan fingerprint density at radius 3 is 2.49 bits per heavy atom. The molecular weight excluding hydrogens is 468 g/mol. The van der Waals surface area contributed by atoms with Gasteiger partial charge in [-0.1, -0.05) is 24.3 Å². The summed E-state index contributed by atoms with van der Waals surface area (Å²) >= 11 is 0. The maximum absolute atomic E-state index is 13.1. The Bertz CT molecular complexity index is 1590. The molecule has 3 aromatic carbocycles. The van der Waals surface area contributed by atoms with Gasteiger partial charge in [0.15, 0.2) is 11.5 Å². The van der Waals surface area contributed by atoms with Crippen LogP contribution in [0.5, 0.6) is 17.2 Å². The van der Waals surface area contributed by atoms with Gasteiger partial charge >= 0.3 is 0 Å². The predicted molar refractivity (Wildman–Crippen MR) is 145 cm³/mol. The summed E-state index contributed by atoms with van der Waals surface area (Å²) in [4.78, 5) is 16.2. The number of pyridine rings is 1. The second kappa shape index (κ2) is 10.5. The number of ether oxygens (including phenoxy) is 3. The normalized spacial score (nSPS) is 10.9. The lowest BCUT2D eigenvalue weighted by atomic mass is 10.1. The molecule has 0 atom stereocenters. The van der Waals surface area contributed by atoms with Gasteiger partial charge in [-0.25, -0.2) is 4.68 Å². The van der Waals surface area contributed by atoms with Gasteiger partial charge in [-0.15, -0.1) is 0 Å². The third-order valence-electron chi connectivity index (χ3n) is 6.05. The largest absolute Gasteiger partial charge is 0.494 e. The molecule has 5 aromatic rings. The van der Waals surface area contributed by atoms with E-state index in [2.05, 4.69) is 10.3 Å². The molecule has 8 heteroatoms. The van der Waals surface area contributed by atoms with Gasteiger partial charge in [0, 0.05) is 34.8 Å². The molecule has 0 unspecified atom stereocenters. The zero-order valence-electron chi connectivity index (χ0n) is 20.9. The molecule has 0 radical (unpaired) electrons. The molecule has 2 heterocycles.